The molecular formula is C22H13F2NO3. The summed E-state index contributed by atoms with van der Waals surface area (Å²) in [6, 6.07) is 19.2. The molecule has 0 unspecified atom stereocenters. The average molecular weight is 377 g/mol. The van der Waals surface area contributed by atoms with E-state index >= 15 is 0 Å². The number of hydrogen-bond acceptors (Lipinski definition) is 3. The molecular weight excluding hydrogens is 364 g/mol. The third-order valence-corrected chi connectivity index (χ3v) is 4.21. The Morgan fingerprint density at radius 3 is 2.18 bits per heavy atom. The summed E-state index contributed by atoms with van der Waals surface area (Å²) >= 11 is 0. The first kappa shape index (κ1) is 17.6. The Kier molecular flexibility index (Phi) is 4.45. The molecule has 0 saturated carbocycles. The number of carboxylic acids is 1. The number of halogens is 2. The van der Waals surface area contributed by atoms with E-state index in [1.54, 1.807) is 24.3 Å². The minimum Gasteiger partial charge on any atom is -0.478 e. The minimum atomic E-state index is -1.25. The molecule has 6 heteroatoms. The zero-order valence-electron chi connectivity index (χ0n) is 14.4. The van der Waals surface area contributed by atoms with Crippen molar-refractivity contribution in [1.29, 1.82) is 0 Å². The number of fused-ring (bicyclic) bond motifs is 1. The van der Waals surface area contributed by atoms with E-state index in [4.69, 9.17) is 4.74 Å². The maximum Gasteiger partial charge on any atom is 0.336 e. The van der Waals surface area contributed by atoms with E-state index in [2.05, 4.69) is 4.98 Å². The standard InChI is InChI=1S/C22H13F2NO3/c23-18-10-16-17(22(26)27)11-20(25-21(16)12-19(18)24)13-6-8-15(9-7-13)28-14-4-2-1-3-5-14/h1-12H,(H,26,27). The average Bonchev–Trinajstić information content (AvgIpc) is 2.69. The van der Waals surface area contributed by atoms with Crippen molar-refractivity contribution >= 4 is 16.9 Å². The maximum absolute atomic E-state index is 13.6. The molecule has 0 aliphatic rings. The highest BCUT2D eigenvalue weighted by Crippen LogP contribution is 2.29. The number of rotatable bonds is 4. The van der Waals surface area contributed by atoms with Gasteiger partial charge in [0.05, 0.1) is 16.8 Å². The lowest BCUT2D eigenvalue weighted by atomic mass is 10.0. The van der Waals surface area contributed by atoms with Crippen molar-refractivity contribution in [1.82, 2.24) is 4.98 Å². The summed E-state index contributed by atoms with van der Waals surface area (Å²) in [4.78, 5) is 15.9. The van der Waals surface area contributed by atoms with Crippen LogP contribution >= 0.6 is 0 Å². The van der Waals surface area contributed by atoms with Crippen LogP contribution in [0.15, 0.2) is 72.8 Å². The van der Waals surface area contributed by atoms with Gasteiger partial charge in [-0.15, -0.1) is 0 Å². The van der Waals surface area contributed by atoms with Gasteiger partial charge in [-0.3, -0.25) is 0 Å². The van der Waals surface area contributed by atoms with Crippen molar-refractivity contribution in [3.63, 3.8) is 0 Å². The van der Waals surface area contributed by atoms with Crippen LogP contribution in [0.4, 0.5) is 8.78 Å². The number of pyridine rings is 1. The number of benzene rings is 3. The van der Waals surface area contributed by atoms with E-state index < -0.39 is 17.6 Å². The van der Waals surface area contributed by atoms with Gasteiger partial charge >= 0.3 is 5.97 Å². The first-order chi connectivity index (χ1) is 13.5. The van der Waals surface area contributed by atoms with Gasteiger partial charge < -0.3 is 9.84 Å². The van der Waals surface area contributed by atoms with Crippen molar-refractivity contribution in [3.05, 3.63) is 90.0 Å². The molecule has 1 N–H and O–H groups in total. The van der Waals surface area contributed by atoms with Crippen molar-refractivity contribution in [2.24, 2.45) is 0 Å². The molecule has 0 saturated heterocycles. The molecule has 0 bridgehead atoms. The summed E-state index contributed by atoms with van der Waals surface area (Å²) < 4.78 is 32.9. The van der Waals surface area contributed by atoms with Gasteiger partial charge in [0.25, 0.3) is 0 Å². The Hall–Kier alpha value is -3.80. The maximum atomic E-state index is 13.6. The highest BCUT2D eigenvalue weighted by Gasteiger charge is 2.16. The fourth-order valence-electron chi connectivity index (χ4n) is 2.86. The van der Waals surface area contributed by atoms with Crippen molar-refractivity contribution in [2.75, 3.05) is 0 Å². The third-order valence-electron chi connectivity index (χ3n) is 4.21. The first-order valence-corrected chi connectivity index (χ1v) is 8.38. The number of para-hydroxylation sites is 1. The normalized spacial score (nSPS) is 10.8. The number of carbonyl (C=O) groups is 1. The smallest absolute Gasteiger partial charge is 0.336 e. The zero-order chi connectivity index (χ0) is 19.7. The molecule has 0 aliphatic carbocycles. The molecule has 3 aromatic carbocycles. The van der Waals surface area contributed by atoms with Gasteiger partial charge in [0.2, 0.25) is 0 Å². The van der Waals surface area contributed by atoms with Crippen LogP contribution in [0.3, 0.4) is 0 Å². The molecule has 1 heterocycles. The molecule has 4 aromatic rings. The van der Waals surface area contributed by atoms with Crippen molar-refractivity contribution in [3.8, 4) is 22.8 Å². The summed E-state index contributed by atoms with van der Waals surface area (Å²) in [6.45, 7) is 0. The van der Waals surface area contributed by atoms with Crippen LogP contribution in [-0.4, -0.2) is 16.1 Å². The summed E-state index contributed by atoms with van der Waals surface area (Å²) in [7, 11) is 0. The molecule has 1 aromatic heterocycles. The number of ether oxygens (including phenoxy) is 1. The van der Waals surface area contributed by atoms with Gasteiger partial charge in [-0.25, -0.2) is 18.6 Å². The molecule has 0 aliphatic heterocycles. The van der Waals surface area contributed by atoms with Gasteiger partial charge in [0.15, 0.2) is 11.6 Å². The number of hydrogen-bond donors (Lipinski definition) is 1. The molecule has 0 atom stereocenters. The zero-order valence-corrected chi connectivity index (χ0v) is 14.4. The fraction of sp³-hybridized carbons (Fsp3) is 0. The summed E-state index contributed by atoms with van der Waals surface area (Å²) in [5.74, 6) is -2.16. The van der Waals surface area contributed by atoms with Gasteiger partial charge in [-0.05, 0) is 48.5 Å². The predicted molar refractivity (Wildman–Crippen MR) is 101 cm³/mol. The quantitative estimate of drug-likeness (QED) is 0.498. The largest absolute Gasteiger partial charge is 0.478 e. The highest BCUT2D eigenvalue weighted by molar-refractivity contribution is 6.03. The summed E-state index contributed by atoms with van der Waals surface area (Å²) in [6.07, 6.45) is 0. The molecule has 0 spiro atoms. The second-order valence-electron chi connectivity index (χ2n) is 6.08. The Morgan fingerprint density at radius 2 is 1.50 bits per heavy atom. The van der Waals surface area contributed by atoms with Crippen molar-refractivity contribution in [2.45, 2.75) is 0 Å². The highest BCUT2D eigenvalue weighted by atomic mass is 19.2. The lowest BCUT2D eigenvalue weighted by Crippen LogP contribution is -2.01. The van der Waals surface area contributed by atoms with Gasteiger partial charge in [0, 0.05) is 17.0 Å². The fourth-order valence-corrected chi connectivity index (χ4v) is 2.86. The summed E-state index contributed by atoms with van der Waals surface area (Å²) in [5, 5.41) is 9.50. The second kappa shape index (κ2) is 7.08. The Labute approximate surface area is 158 Å². The molecule has 4 rings (SSSR count). The SMILES string of the molecule is O=C(O)c1cc(-c2ccc(Oc3ccccc3)cc2)nc2cc(F)c(F)cc12. The third kappa shape index (κ3) is 3.40. The minimum absolute atomic E-state index is 0.0409. The molecule has 138 valence electrons. The van der Waals surface area contributed by atoms with Gasteiger partial charge in [0.1, 0.15) is 11.5 Å². The van der Waals surface area contributed by atoms with Crippen LogP contribution in [0, 0.1) is 11.6 Å². The molecule has 0 radical (unpaired) electrons. The number of nitrogens with zero attached hydrogens (tertiary/aromatic N) is 1. The Balaban J connectivity index is 1.74. The Bertz CT molecular complexity index is 1180. The molecule has 28 heavy (non-hydrogen) atoms. The lowest BCUT2D eigenvalue weighted by molar-refractivity contribution is 0.0699. The van der Waals surface area contributed by atoms with Gasteiger partial charge in [-0.1, -0.05) is 18.2 Å². The van der Waals surface area contributed by atoms with E-state index in [9.17, 15) is 18.7 Å². The van der Waals surface area contributed by atoms with E-state index in [1.807, 2.05) is 30.3 Å². The molecule has 0 fully saturated rings. The van der Waals surface area contributed by atoms with Crippen LogP contribution in [0.1, 0.15) is 10.4 Å². The van der Waals surface area contributed by atoms with Crippen LogP contribution in [-0.2, 0) is 0 Å². The Morgan fingerprint density at radius 1 is 0.857 bits per heavy atom. The molecule has 4 nitrogen and oxygen atoms in total. The number of aromatic carboxylic acids is 1. The summed E-state index contributed by atoms with van der Waals surface area (Å²) in [5.41, 5.74) is 0.874. The van der Waals surface area contributed by atoms with E-state index in [0.717, 1.165) is 12.1 Å². The van der Waals surface area contributed by atoms with E-state index in [-0.39, 0.29) is 16.5 Å². The van der Waals surface area contributed by atoms with Gasteiger partial charge in [-0.2, -0.15) is 0 Å². The number of carboxylic acid groups (broad SMARTS) is 1. The van der Waals surface area contributed by atoms with Crippen molar-refractivity contribution < 1.29 is 23.4 Å². The second-order valence-corrected chi connectivity index (χ2v) is 6.08. The van der Waals surface area contributed by atoms with Crippen LogP contribution in [0.25, 0.3) is 22.2 Å². The first-order valence-electron chi connectivity index (χ1n) is 8.38. The molecule has 0 amide bonds. The predicted octanol–water partition coefficient (Wildman–Crippen LogP) is 5.67. The topological polar surface area (TPSA) is 59.4 Å². The van der Waals surface area contributed by atoms with E-state index in [1.165, 1.54) is 6.07 Å². The van der Waals surface area contributed by atoms with E-state index in [0.29, 0.717) is 22.8 Å². The van der Waals surface area contributed by atoms with Crippen LogP contribution < -0.4 is 4.74 Å². The van der Waals surface area contributed by atoms with Crippen LogP contribution in [0.2, 0.25) is 0 Å². The number of aromatic nitrogens is 1. The van der Waals surface area contributed by atoms with Crippen LogP contribution in [0.5, 0.6) is 11.5 Å². The lowest BCUT2D eigenvalue weighted by Gasteiger charge is -2.09. The monoisotopic (exact) mass is 377 g/mol.